The molecular weight excluding hydrogens is 276 g/mol. The summed E-state index contributed by atoms with van der Waals surface area (Å²) in [6.45, 7) is 7.42. The summed E-state index contributed by atoms with van der Waals surface area (Å²) in [6, 6.07) is 4.10. The van der Waals surface area contributed by atoms with E-state index >= 15 is 0 Å². The molecule has 2 unspecified atom stereocenters. The molecule has 2 atom stereocenters. The smallest absolute Gasteiger partial charge is 0.173 e. The number of ether oxygens (including phenoxy) is 1. The number of allylic oxidation sites excluding steroid dienone is 1. The highest BCUT2D eigenvalue weighted by Crippen LogP contribution is 2.36. The lowest BCUT2D eigenvalue weighted by atomic mass is 9.87. The van der Waals surface area contributed by atoms with Crippen LogP contribution in [-0.2, 0) is 14.3 Å². The first-order chi connectivity index (χ1) is 10.5. The fourth-order valence-electron chi connectivity index (χ4n) is 3.76. The molecule has 0 amide bonds. The first-order valence-corrected chi connectivity index (χ1v) is 7.90. The normalized spacial score (nSPS) is 27.1. The van der Waals surface area contributed by atoms with E-state index in [1.165, 1.54) is 0 Å². The standard InChI is InChI=1S/C19H22O3/c1-11-6-12(2)17(13(3)7-11)18-16(20)9-15(19(18)21)8-14-4-5-22-10-14/h6-8,14,18H,4-5,9-10H2,1-3H3. The number of Topliss-reactive ketones (excluding diaryl/α,β-unsaturated/α-hetero) is 2. The van der Waals surface area contributed by atoms with E-state index in [4.69, 9.17) is 4.74 Å². The van der Waals surface area contributed by atoms with Crippen molar-refractivity contribution >= 4 is 11.6 Å². The minimum absolute atomic E-state index is 0.00745. The van der Waals surface area contributed by atoms with Crippen LogP contribution in [0.1, 0.15) is 41.0 Å². The minimum Gasteiger partial charge on any atom is -0.381 e. The van der Waals surface area contributed by atoms with Gasteiger partial charge in [0.1, 0.15) is 5.92 Å². The van der Waals surface area contributed by atoms with Crippen LogP contribution in [0.5, 0.6) is 0 Å². The third-order valence-corrected chi connectivity index (χ3v) is 4.69. The summed E-state index contributed by atoms with van der Waals surface area (Å²) < 4.78 is 5.35. The van der Waals surface area contributed by atoms with Gasteiger partial charge in [0.2, 0.25) is 0 Å². The van der Waals surface area contributed by atoms with E-state index < -0.39 is 5.92 Å². The lowest BCUT2D eigenvalue weighted by Gasteiger charge is -2.15. The molecule has 2 aliphatic rings. The van der Waals surface area contributed by atoms with Crippen molar-refractivity contribution in [1.29, 1.82) is 0 Å². The van der Waals surface area contributed by atoms with Gasteiger partial charge in [0.15, 0.2) is 11.6 Å². The zero-order valence-corrected chi connectivity index (χ0v) is 13.4. The van der Waals surface area contributed by atoms with Gasteiger partial charge in [-0.2, -0.15) is 0 Å². The number of rotatable bonds is 2. The van der Waals surface area contributed by atoms with Crippen LogP contribution in [0.25, 0.3) is 0 Å². The highest BCUT2D eigenvalue weighted by molar-refractivity contribution is 6.23. The third kappa shape index (κ3) is 2.66. The monoisotopic (exact) mass is 298 g/mol. The Morgan fingerprint density at radius 2 is 1.82 bits per heavy atom. The average Bonchev–Trinajstić information content (AvgIpc) is 3.02. The number of carbonyl (C=O) groups is 2. The van der Waals surface area contributed by atoms with E-state index in [-0.39, 0.29) is 23.9 Å². The Kier molecular flexibility index (Phi) is 4.00. The SMILES string of the molecule is Cc1cc(C)c(C2C(=O)CC(=CC3CCOC3)C2=O)c(C)c1. The fourth-order valence-corrected chi connectivity index (χ4v) is 3.76. The molecule has 1 saturated carbocycles. The summed E-state index contributed by atoms with van der Waals surface area (Å²) in [6.07, 6.45) is 3.19. The van der Waals surface area contributed by atoms with Crippen LogP contribution in [0, 0.1) is 26.7 Å². The molecule has 0 radical (unpaired) electrons. The molecule has 0 aromatic heterocycles. The Balaban J connectivity index is 1.95. The zero-order valence-electron chi connectivity index (χ0n) is 13.4. The first kappa shape index (κ1) is 15.2. The number of ketones is 2. The molecule has 1 heterocycles. The predicted octanol–water partition coefficient (Wildman–Crippen LogP) is 3.20. The number of aryl methyl sites for hydroxylation is 3. The molecule has 116 valence electrons. The van der Waals surface area contributed by atoms with E-state index in [1.807, 2.05) is 26.8 Å². The van der Waals surface area contributed by atoms with Gasteiger partial charge in [-0.1, -0.05) is 23.8 Å². The highest BCUT2D eigenvalue weighted by atomic mass is 16.5. The Bertz CT molecular complexity index is 640. The molecule has 3 nitrogen and oxygen atoms in total. The van der Waals surface area contributed by atoms with Crippen LogP contribution >= 0.6 is 0 Å². The summed E-state index contributed by atoms with van der Waals surface area (Å²) in [4.78, 5) is 25.2. The van der Waals surface area contributed by atoms with Crippen molar-refractivity contribution in [3.8, 4) is 0 Å². The number of hydrogen-bond donors (Lipinski definition) is 0. The van der Waals surface area contributed by atoms with Crippen molar-refractivity contribution in [3.05, 3.63) is 46.0 Å². The molecule has 3 rings (SSSR count). The van der Waals surface area contributed by atoms with Crippen LogP contribution in [0.3, 0.4) is 0 Å². The molecule has 1 aromatic carbocycles. The van der Waals surface area contributed by atoms with Gasteiger partial charge in [0, 0.05) is 24.5 Å². The van der Waals surface area contributed by atoms with Crippen molar-refractivity contribution in [2.75, 3.05) is 13.2 Å². The maximum absolute atomic E-state index is 12.8. The van der Waals surface area contributed by atoms with Gasteiger partial charge in [0.25, 0.3) is 0 Å². The summed E-state index contributed by atoms with van der Waals surface area (Å²) in [5.74, 6) is -0.294. The van der Waals surface area contributed by atoms with E-state index in [1.54, 1.807) is 0 Å². The Labute approximate surface area is 131 Å². The molecule has 1 saturated heterocycles. The van der Waals surface area contributed by atoms with Gasteiger partial charge in [-0.25, -0.2) is 0 Å². The third-order valence-electron chi connectivity index (χ3n) is 4.69. The number of benzene rings is 1. The summed E-state index contributed by atoms with van der Waals surface area (Å²) in [7, 11) is 0. The van der Waals surface area contributed by atoms with Crippen molar-refractivity contribution < 1.29 is 14.3 Å². The molecule has 1 aliphatic carbocycles. The highest BCUT2D eigenvalue weighted by Gasteiger charge is 2.40. The molecule has 1 aliphatic heterocycles. The van der Waals surface area contributed by atoms with Gasteiger partial charge in [0.05, 0.1) is 6.61 Å². The van der Waals surface area contributed by atoms with Crippen molar-refractivity contribution in [2.45, 2.75) is 39.5 Å². The lowest BCUT2D eigenvalue weighted by Crippen LogP contribution is -2.15. The van der Waals surface area contributed by atoms with Gasteiger partial charge in [-0.05, 0) is 43.9 Å². The molecular formula is C19H22O3. The van der Waals surface area contributed by atoms with Gasteiger partial charge >= 0.3 is 0 Å². The van der Waals surface area contributed by atoms with Gasteiger partial charge in [-0.3, -0.25) is 9.59 Å². The van der Waals surface area contributed by atoms with E-state index in [0.717, 1.165) is 35.3 Å². The Morgan fingerprint density at radius 1 is 1.14 bits per heavy atom. The summed E-state index contributed by atoms with van der Waals surface area (Å²) in [5.41, 5.74) is 4.83. The second-order valence-electron chi connectivity index (χ2n) is 6.57. The van der Waals surface area contributed by atoms with Crippen LogP contribution in [0.4, 0.5) is 0 Å². The number of hydrogen-bond acceptors (Lipinski definition) is 3. The minimum atomic E-state index is -0.603. The van der Waals surface area contributed by atoms with Crippen LogP contribution in [0.15, 0.2) is 23.8 Å². The van der Waals surface area contributed by atoms with E-state index in [0.29, 0.717) is 12.2 Å². The molecule has 2 fully saturated rings. The molecule has 3 heteroatoms. The molecule has 0 bridgehead atoms. The summed E-state index contributed by atoms with van der Waals surface area (Å²) in [5, 5.41) is 0. The predicted molar refractivity (Wildman–Crippen MR) is 85.0 cm³/mol. The Hall–Kier alpha value is -1.74. The molecule has 0 N–H and O–H groups in total. The van der Waals surface area contributed by atoms with E-state index in [2.05, 4.69) is 12.1 Å². The van der Waals surface area contributed by atoms with Gasteiger partial charge < -0.3 is 4.74 Å². The largest absolute Gasteiger partial charge is 0.381 e. The quantitative estimate of drug-likeness (QED) is 0.622. The fraction of sp³-hybridized carbons (Fsp3) is 0.474. The number of carbonyl (C=O) groups excluding carboxylic acids is 2. The zero-order chi connectivity index (χ0) is 15.9. The van der Waals surface area contributed by atoms with Crippen LogP contribution in [-0.4, -0.2) is 24.8 Å². The molecule has 0 spiro atoms. The van der Waals surface area contributed by atoms with Crippen LogP contribution < -0.4 is 0 Å². The second kappa shape index (κ2) is 5.81. The van der Waals surface area contributed by atoms with Crippen molar-refractivity contribution in [3.63, 3.8) is 0 Å². The van der Waals surface area contributed by atoms with Crippen molar-refractivity contribution in [1.82, 2.24) is 0 Å². The second-order valence-corrected chi connectivity index (χ2v) is 6.57. The first-order valence-electron chi connectivity index (χ1n) is 7.90. The van der Waals surface area contributed by atoms with E-state index in [9.17, 15) is 9.59 Å². The average molecular weight is 298 g/mol. The molecule has 1 aromatic rings. The Morgan fingerprint density at radius 3 is 2.41 bits per heavy atom. The summed E-state index contributed by atoms with van der Waals surface area (Å²) >= 11 is 0. The van der Waals surface area contributed by atoms with Crippen LogP contribution in [0.2, 0.25) is 0 Å². The lowest BCUT2D eigenvalue weighted by molar-refractivity contribution is -0.123. The maximum atomic E-state index is 12.8. The van der Waals surface area contributed by atoms with Crippen molar-refractivity contribution in [2.24, 2.45) is 5.92 Å². The molecule has 22 heavy (non-hydrogen) atoms. The topological polar surface area (TPSA) is 43.4 Å². The van der Waals surface area contributed by atoms with Gasteiger partial charge in [-0.15, -0.1) is 0 Å². The maximum Gasteiger partial charge on any atom is 0.173 e.